The summed E-state index contributed by atoms with van der Waals surface area (Å²) in [5, 5.41) is 17.0. The van der Waals surface area contributed by atoms with E-state index in [1.807, 2.05) is 38.1 Å². The quantitative estimate of drug-likeness (QED) is 0.522. The van der Waals surface area contributed by atoms with Crippen LogP contribution >= 0.6 is 11.6 Å². The van der Waals surface area contributed by atoms with E-state index in [0.717, 1.165) is 22.6 Å². The minimum atomic E-state index is 0.368. The van der Waals surface area contributed by atoms with E-state index >= 15 is 0 Å². The number of nitrogens with zero attached hydrogens (tertiary/aromatic N) is 3. The van der Waals surface area contributed by atoms with Crippen molar-refractivity contribution in [3.05, 3.63) is 46.2 Å². The van der Waals surface area contributed by atoms with Crippen LogP contribution in [0, 0.1) is 6.92 Å². The van der Waals surface area contributed by atoms with Crippen molar-refractivity contribution in [2.45, 2.75) is 26.9 Å². The average Bonchev–Trinajstić information content (AvgIpc) is 2.73. The van der Waals surface area contributed by atoms with Crippen molar-refractivity contribution in [3.8, 4) is 5.75 Å². The van der Waals surface area contributed by atoms with Crippen LogP contribution in [-0.4, -0.2) is 20.7 Å². The van der Waals surface area contributed by atoms with Gasteiger partial charge in [-0.05, 0) is 43.2 Å². The first-order valence-electron chi connectivity index (χ1n) is 6.69. The number of halogens is 1. The highest BCUT2D eigenvalue weighted by Gasteiger charge is 2.11. The summed E-state index contributed by atoms with van der Waals surface area (Å²) in [6.45, 7) is 4.21. The molecule has 2 aromatic rings. The van der Waals surface area contributed by atoms with Crippen LogP contribution in [0.1, 0.15) is 30.2 Å². The predicted molar refractivity (Wildman–Crippen MR) is 82.3 cm³/mol. The molecule has 0 saturated heterocycles. The van der Waals surface area contributed by atoms with Gasteiger partial charge in [0, 0.05) is 12.6 Å². The average molecular weight is 308 g/mol. The number of rotatable bonds is 5. The SMILES string of the molecule is CC/C(=N/O)c1ccc(OCc2c(C)nn(C)c2Cl)cc1. The van der Waals surface area contributed by atoms with E-state index in [1.165, 1.54) is 0 Å². The third-order valence-corrected chi connectivity index (χ3v) is 3.77. The fourth-order valence-electron chi connectivity index (χ4n) is 2.07. The Morgan fingerprint density at radius 2 is 2.05 bits per heavy atom. The third-order valence-electron chi connectivity index (χ3n) is 3.30. The molecule has 0 amide bonds. The molecule has 6 heteroatoms. The number of benzene rings is 1. The first-order chi connectivity index (χ1) is 10.1. The van der Waals surface area contributed by atoms with Crippen LogP contribution in [0.5, 0.6) is 5.75 Å². The topological polar surface area (TPSA) is 59.6 Å². The van der Waals surface area contributed by atoms with Crippen LogP contribution in [-0.2, 0) is 13.7 Å². The second-order valence-corrected chi connectivity index (χ2v) is 5.05. The highest BCUT2D eigenvalue weighted by molar-refractivity contribution is 6.30. The standard InChI is InChI=1S/C15H18ClN3O2/c1-4-14(18-20)11-5-7-12(8-6-11)21-9-13-10(2)17-19(3)15(13)16/h5-8,20H,4,9H2,1-3H3/b18-14-. The summed E-state index contributed by atoms with van der Waals surface area (Å²) < 4.78 is 7.36. The van der Waals surface area contributed by atoms with Crippen molar-refractivity contribution >= 4 is 17.3 Å². The van der Waals surface area contributed by atoms with Gasteiger partial charge in [-0.2, -0.15) is 5.10 Å². The zero-order valence-electron chi connectivity index (χ0n) is 12.3. The predicted octanol–water partition coefficient (Wildman–Crippen LogP) is 3.55. The van der Waals surface area contributed by atoms with E-state index in [9.17, 15) is 0 Å². The van der Waals surface area contributed by atoms with Crippen molar-refractivity contribution in [2.75, 3.05) is 0 Å². The summed E-state index contributed by atoms with van der Waals surface area (Å²) in [7, 11) is 1.80. The molecule has 0 aliphatic rings. The smallest absolute Gasteiger partial charge is 0.133 e. The minimum Gasteiger partial charge on any atom is -0.489 e. The number of oxime groups is 1. The molecule has 1 N–H and O–H groups in total. The van der Waals surface area contributed by atoms with E-state index in [1.54, 1.807) is 11.7 Å². The number of ether oxygens (including phenoxy) is 1. The number of aromatic nitrogens is 2. The molecule has 0 aliphatic carbocycles. The Morgan fingerprint density at radius 1 is 1.38 bits per heavy atom. The van der Waals surface area contributed by atoms with Gasteiger partial charge in [-0.15, -0.1) is 0 Å². The molecule has 1 aromatic heterocycles. The van der Waals surface area contributed by atoms with Gasteiger partial charge in [0.05, 0.1) is 11.4 Å². The summed E-state index contributed by atoms with van der Waals surface area (Å²) in [5.41, 5.74) is 3.27. The van der Waals surface area contributed by atoms with E-state index in [2.05, 4.69) is 10.3 Å². The molecule has 0 unspecified atom stereocenters. The van der Waals surface area contributed by atoms with Crippen LogP contribution < -0.4 is 4.74 Å². The van der Waals surface area contributed by atoms with Crippen molar-refractivity contribution in [3.63, 3.8) is 0 Å². The van der Waals surface area contributed by atoms with E-state index in [0.29, 0.717) is 23.9 Å². The highest BCUT2D eigenvalue weighted by atomic mass is 35.5. The number of hydrogen-bond acceptors (Lipinski definition) is 4. The molecule has 1 heterocycles. The fourth-order valence-corrected chi connectivity index (χ4v) is 2.30. The zero-order valence-corrected chi connectivity index (χ0v) is 13.1. The maximum absolute atomic E-state index is 8.90. The molecular formula is C15H18ClN3O2. The van der Waals surface area contributed by atoms with Crippen LogP contribution in [0.25, 0.3) is 0 Å². The summed E-state index contributed by atoms with van der Waals surface area (Å²) in [6.07, 6.45) is 0.668. The van der Waals surface area contributed by atoms with Crippen molar-refractivity contribution in [1.82, 2.24) is 9.78 Å². The maximum Gasteiger partial charge on any atom is 0.133 e. The molecular weight excluding hydrogens is 290 g/mol. The van der Waals surface area contributed by atoms with Crippen molar-refractivity contribution in [1.29, 1.82) is 0 Å². The van der Waals surface area contributed by atoms with Gasteiger partial charge in [-0.1, -0.05) is 23.7 Å². The molecule has 0 bridgehead atoms. The van der Waals surface area contributed by atoms with Crippen molar-refractivity contribution in [2.24, 2.45) is 12.2 Å². The van der Waals surface area contributed by atoms with Gasteiger partial charge in [-0.3, -0.25) is 4.68 Å². The summed E-state index contributed by atoms with van der Waals surface area (Å²) in [6, 6.07) is 7.42. The van der Waals surface area contributed by atoms with Gasteiger partial charge in [-0.25, -0.2) is 0 Å². The molecule has 112 valence electrons. The Kier molecular flexibility index (Phi) is 4.85. The zero-order chi connectivity index (χ0) is 15.4. The molecule has 2 rings (SSSR count). The summed E-state index contributed by atoms with van der Waals surface area (Å²) in [5.74, 6) is 0.728. The Morgan fingerprint density at radius 3 is 2.52 bits per heavy atom. The molecule has 0 fully saturated rings. The van der Waals surface area contributed by atoms with Crippen LogP contribution in [0.2, 0.25) is 5.15 Å². The molecule has 0 atom stereocenters. The lowest BCUT2D eigenvalue weighted by Crippen LogP contribution is -2.00. The summed E-state index contributed by atoms with van der Waals surface area (Å²) >= 11 is 6.16. The van der Waals surface area contributed by atoms with Crippen LogP contribution in [0.15, 0.2) is 29.4 Å². The van der Waals surface area contributed by atoms with Crippen LogP contribution in [0.4, 0.5) is 0 Å². The fraction of sp³-hybridized carbons (Fsp3) is 0.333. The molecule has 21 heavy (non-hydrogen) atoms. The Labute approximate surface area is 128 Å². The molecule has 0 aliphatic heterocycles. The maximum atomic E-state index is 8.90. The van der Waals surface area contributed by atoms with Gasteiger partial charge in [0.25, 0.3) is 0 Å². The largest absolute Gasteiger partial charge is 0.489 e. The van der Waals surface area contributed by atoms with Crippen LogP contribution in [0.3, 0.4) is 0 Å². The molecule has 0 spiro atoms. The van der Waals surface area contributed by atoms with E-state index in [-0.39, 0.29) is 0 Å². The molecule has 0 radical (unpaired) electrons. The highest BCUT2D eigenvalue weighted by Crippen LogP contribution is 2.21. The minimum absolute atomic E-state index is 0.368. The third kappa shape index (κ3) is 3.36. The molecule has 1 aromatic carbocycles. The Bertz CT molecular complexity index is 648. The Balaban J connectivity index is 2.07. The van der Waals surface area contributed by atoms with Crippen molar-refractivity contribution < 1.29 is 9.94 Å². The first-order valence-corrected chi connectivity index (χ1v) is 7.06. The number of hydrogen-bond donors (Lipinski definition) is 1. The van der Waals surface area contributed by atoms with Gasteiger partial charge in [0.1, 0.15) is 17.5 Å². The number of aryl methyl sites for hydroxylation is 2. The van der Waals surface area contributed by atoms with Gasteiger partial charge in [0.15, 0.2) is 0 Å². The normalized spacial score (nSPS) is 11.7. The summed E-state index contributed by atoms with van der Waals surface area (Å²) in [4.78, 5) is 0. The first kappa shape index (κ1) is 15.4. The molecule has 0 saturated carbocycles. The molecule has 5 nitrogen and oxygen atoms in total. The van der Waals surface area contributed by atoms with Gasteiger partial charge >= 0.3 is 0 Å². The van der Waals surface area contributed by atoms with Gasteiger partial charge in [0.2, 0.25) is 0 Å². The lowest BCUT2D eigenvalue weighted by Gasteiger charge is -2.07. The lowest BCUT2D eigenvalue weighted by molar-refractivity contribution is 0.305. The second kappa shape index (κ2) is 6.63. The van der Waals surface area contributed by atoms with E-state index < -0.39 is 0 Å². The second-order valence-electron chi connectivity index (χ2n) is 4.69. The lowest BCUT2D eigenvalue weighted by atomic mass is 10.1. The Hall–Kier alpha value is -2.01. The van der Waals surface area contributed by atoms with E-state index in [4.69, 9.17) is 21.5 Å². The van der Waals surface area contributed by atoms with Gasteiger partial charge < -0.3 is 9.94 Å². The monoisotopic (exact) mass is 307 g/mol.